The van der Waals surface area contributed by atoms with Gasteiger partial charge in [-0.15, -0.1) is 22.7 Å². The largest absolute Gasteiger partial charge is 0.493 e. The first-order chi connectivity index (χ1) is 15.7. The van der Waals surface area contributed by atoms with Crippen LogP contribution < -0.4 is 9.47 Å². The minimum atomic E-state index is -0.00956. The summed E-state index contributed by atoms with van der Waals surface area (Å²) in [6, 6.07) is 10.2. The van der Waals surface area contributed by atoms with E-state index in [2.05, 4.69) is 11.1 Å². The highest BCUT2D eigenvalue weighted by Crippen LogP contribution is 2.32. The first-order valence-electron chi connectivity index (χ1n) is 10.8. The van der Waals surface area contributed by atoms with Gasteiger partial charge in [0.1, 0.15) is 12.3 Å². The molecule has 3 heterocycles. The maximum Gasteiger partial charge on any atom is 0.274 e. The van der Waals surface area contributed by atoms with Gasteiger partial charge in [0, 0.05) is 35.2 Å². The van der Waals surface area contributed by atoms with Crippen molar-refractivity contribution in [3.05, 3.63) is 69.6 Å². The second-order valence-corrected chi connectivity index (χ2v) is 9.85. The van der Waals surface area contributed by atoms with E-state index in [0.717, 1.165) is 41.1 Å². The van der Waals surface area contributed by atoms with E-state index in [1.807, 2.05) is 56.7 Å². The minimum Gasteiger partial charge on any atom is -0.493 e. The molecule has 0 spiro atoms. The van der Waals surface area contributed by atoms with Gasteiger partial charge in [-0.3, -0.25) is 9.20 Å². The van der Waals surface area contributed by atoms with Gasteiger partial charge in [-0.05, 0) is 42.0 Å². The zero-order chi connectivity index (χ0) is 21.9. The monoisotopic (exact) mass is 467 g/mol. The molecule has 5 rings (SSSR count). The van der Waals surface area contributed by atoms with Crippen molar-refractivity contribution >= 4 is 33.5 Å². The molecule has 0 aliphatic heterocycles. The molecule has 3 aromatic heterocycles. The van der Waals surface area contributed by atoms with Gasteiger partial charge in [-0.25, -0.2) is 4.98 Å². The van der Waals surface area contributed by atoms with Crippen LogP contribution in [0.15, 0.2) is 53.5 Å². The molecule has 1 aromatic carbocycles. The van der Waals surface area contributed by atoms with E-state index in [0.29, 0.717) is 30.3 Å². The average molecular weight is 468 g/mol. The SMILES string of the molecule is COc1ccc(CN(C(=O)c2cn3ccsc3n2)C2CCCC2)cc1OCc1cccs1. The number of rotatable bonds is 8. The summed E-state index contributed by atoms with van der Waals surface area (Å²) >= 11 is 3.20. The third kappa shape index (κ3) is 4.38. The van der Waals surface area contributed by atoms with Crippen LogP contribution in [0.25, 0.3) is 4.96 Å². The van der Waals surface area contributed by atoms with Gasteiger partial charge >= 0.3 is 0 Å². The summed E-state index contributed by atoms with van der Waals surface area (Å²) in [4.78, 5) is 22.0. The predicted octanol–water partition coefficient (Wildman–Crippen LogP) is 5.63. The van der Waals surface area contributed by atoms with Crippen molar-refractivity contribution < 1.29 is 14.3 Å². The van der Waals surface area contributed by atoms with Crippen LogP contribution in [0.5, 0.6) is 11.5 Å². The minimum absolute atomic E-state index is 0.00956. The molecule has 8 heteroatoms. The Morgan fingerprint density at radius 1 is 1.19 bits per heavy atom. The quantitative estimate of drug-likeness (QED) is 0.337. The predicted molar refractivity (Wildman–Crippen MR) is 127 cm³/mol. The van der Waals surface area contributed by atoms with Crippen molar-refractivity contribution in [2.45, 2.75) is 44.9 Å². The van der Waals surface area contributed by atoms with Crippen LogP contribution >= 0.6 is 22.7 Å². The van der Waals surface area contributed by atoms with Gasteiger partial charge in [0.05, 0.1) is 7.11 Å². The average Bonchev–Trinajstić information content (AvgIpc) is 3.60. The summed E-state index contributed by atoms with van der Waals surface area (Å²) in [5.41, 5.74) is 1.53. The third-order valence-electron chi connectivity index (χ3n) is 5.87. The number of imidazole rings is 1. The van der Waals surface area contributed by atoms with E-state index in [4.69, 9.17) is 9.47 Å². The first kappa shape index (κ1) is 21.0. The maximum absolute atomic E-state index is 13.5. The molecule has 32 heavy (non-hydrogen) atoms. The highest BCUT2D eigenvalue weighted by Gasteiger charge is 2.29. The van der Waals surface area contributed by atoms with E-state index in [-0.39, 0.29) is 11.9 Å². The number of fused-ring (bicyclic) bond motifs is 1. The number of aromatic nitrogens is 2. The highest BCUT2D eigenvalue weighted by atomic mass is 32.1. The van der Waals surface area contributed by atoms with E-state index in [9.17, 15) is 4.79 Å². The molecule has 0 atom stereocenters. The number of thiophene rings is 1. The highest BCUT2D eigenvalue weighted by molar-refractivity contribution is 7.15. The molecule has 1 aliphatic rings. The zero-order valence-electron chi connectivity index (χ0n) is 17.9. The Bertz CT molecular complexity index is 1160. The summed E-state index contributed by atoms with van der Waals surface area (Å²) < 4.78 is 13.5. The van der Waals surface area contributed by atoms with Crippen LogP contribution in [-0.4, -0.2) is 33.3 Å². The fourth-order valence-corrected chi connectivity index (χ4v) is 5.55. The van der Waals surface area contributed by atoms with Crippen molar-refractivity contribution in [2.24, 2.45) is 0 Å². The Balaban J connectivity index is 1.39. The van der Waals surface area contributed by atoms with Gasteiger partial charge in [-0.1, -0.05) is 25.0 Å². The molecule has 1 saturated carbocycles. The summed E-state index contributed by atoms with van der Waals surface area (Å²) in [7, 11) is 1.64. The molecule has 0 N–H and O–H groups in total. The second-order valence-electron chi connectivity index (χ2n) is 7.94. The summed E-state index contributed by atoms with van der Waals surface area (Å²) in [5, 5.41) is 4.01. The fourth-order valence-electron chi connectivity index (χ4n) is 4.23. The van der Waals surface area contributed by atoms with Crippen molar-refractivity contribution in [1.29, 1.82) is 0 Å². The molecule has 0 radical (unpaired) electrons. The van der Waals surface area contributed by atoms with Gasteiger partial charge in [0.15, 0.2) is 16.5 Å². The molecule has 0 saturated heterocycles. The number of hydrogen-bond donors (Lipinski definition) is 0. The number of benzene rings is 1. The van der Waals surface area contributed by atoms with Gasteiger partial charge in [0.2, 0.25) is 0 Å². The number of thiazole rings is 1. The molecule has 6 nitrogen and oxygen atoms in total. The van der Waals surface area contributed by atoms with E-state index in [1.165, 1.54) is 11.3 Å². The number of carbonyl (C=O) groups is 1. The van der Waals surface area contributed by atoms with Gasteiger partial charge in [0.25, 0.3) is 5.91 Å². The third-order valence-corrected chi connectivity index (χ3v) is 7.49. The summed E-state index contributed by atoms with van der Waals surface area (Å²) in [6.07, 6.45) is 8.15. The lowest BCUT2D eigenvalue weighted by Crippen LogP contribution is -2.38. The number of hydrogen-bond acceptors (Lipinski definition) is 6. The standard InChI is InChI=1S/C24H25N3O3S2/c1-29-21-9-8-17(13-22(21)30-16-19-7-4-11-31-19)14-27(18-5-2-3-6-18)23(28)20-15-26-10-12-32-24(26)25-20/h4,7-13,15,18H,2-3,5-6,14,16H2,1H3. The Kier molecular flexibility index (Phi) is 6.14. The van der Waals surface area contributed by atoms with Crippen LogP contribution in [0.3, 0.4) is 0 Å². The number of ether oxygens (including phenoxy) is 2. The molecular formula is C24H25N3O3S2. The van der Waals surface area contributed by atoms with E-state index < -0.39 is 0 Å². The summed E-state index contributed by atoms with van der Waals surface area (Å²) in [5.74, 6) is 1.38. The summed E-state index contributed by atoms with van der Waals surface area (Å²) in [6.45, 7) is 1.02. The lowest BCUT2D eigenvalue weighted by molar-refractivity contribution is 0.0659. The molecule has 1 fully saturated rings. The number of amides is 1. The van der Waals surface area contributed by atoms with Crippen LogP contribution in [0.2, 0.25) is 0 Å². The lowest BCUT2D eigenvalue weighted by Gasteiger charge is -2.29. The zero-order valence-corrected chi connectivity index (χ0v) is 19.5. The Labute approximate surface area is 195 Å². The normalized spacial score (nSPS) is 14.2. The Morgan fingerprint density at radius 2 is 2.06 bits per heavy atom. The Hall–Kier alpha value is -2.84. The first-order valence-corrected chi connectivity index (χ1v) is 12.5. The topological polar surface area (TPSA) is 56.1 Å². The van der Waals surface area contributed by atoms with E-state index in [1.54, 1.807) is 18.4 Å². The second kappa shape index (κ2) is 9.34. The van der Waals surface area contributed by atoms with E-state index >= 15 is 0 Å². The van der Waals surface area contributed by atoms with Crippen molar-refractivity contribution in [2.75, 3.05) is 7.11 Å². The molecule has 166 valence electrons. The molecule has 1 amide bonds. The maximum atomic E-state index is 13.5. The van der Waals surface area contributed by atoms with Crippen LogP contribution in [0, 0.1) is 0 Å². The van der Waals surface area contributed by atoms with Crippen molar-refractivity contribution in [3.63, 3.8) is 0 Å². The molecule has 4 aromatic rings. The molecule has 1 aliphatic carbocycles. The van der Waals surface area contributed by atoms with Crippen molar-refractivity contribution in [3.8, 4) is 11.5 Å². The number of carbonyl (C=O) groups excluding carboxylic acids is 1. The fraction of sp³-hybridized carbons (Fsp3) is 0.333. The van der Waals surface area contributed by atoms with Gasteiger partial charge < -0.3 is 14.4 Å². The lowest BCUT2D eigenvalue weighted by atomic mass is 10.1. The molecular weight excluding hydrogens is 442 g/mol. The van der Waals surface area contributed by atoms with Crippen LogP contribution in [0.1, 0.15) is 46.6 Å². The van der Waals surface area contributed by atoms with Crippen LogP contribution in [-0.2, 0) is 13.2 Å². The smallest absolute Gasteiger partial charge is 0.274 e. The van der Waals surface area contributed by atoms with Gasteiger partial charge in [-0.2, -0.15) is 0 Å². The number of nitrogens with zero attached hydrogens (tertiary/aromatic N) is 3. The molecule has 0 bridgehead atoms. The molecule has 0 unspecified atom stereocenters. The van der Waals surface area contributed by atoms with Crippen molar-refractivity contribution in [1.82, 2.24) is 14.3 Å². The number of methoxy groups -OCH3 is 1. The van der Waals surface area contributed by atoms with Crippen LogP contribution in [0.4, 0.5) is 0 Å². The Morgan fingerprint density at radius 3 is 2.81 bits per heavy atom.